The Morgan fingerprint density at radius 2 is 1.18 bits per heavy atom. The van der Waals surface area contributed by atoms with Gasteiger partial charge in [0.2, 0.25) is 20.0 Å². The Labute approximate surface area is 287 Å². The molecule has 2 heterocycles. The Morgan fingerprint density at radius 3 is 1.71 bits per heavy atom. The normalized spacial score (nSPS) is 20.6. The van der Waals surface area contributed by atoms with Gasteiger partial charge in [0.1, 0.15) is 5.54 Å². The predicted octanol–water partition coefficient (Wildman–Crippen LogP) is 5.40. The monoisotopic (exact) mass is 702 g/mol. The minimum atomic E-state index is -4.78. The third-order valence-corrected chi connectivity index (χ3v) is 13.2. The smallest absolute Gasteiger partial charge is 0.341 e. The quantitative estimate of drug-likeness (QED) is 0.168. The van der Waals surface area contributed by atoms with E-state index in [2.05, 4.69) is 0 Å². The fourth-order valence-electron chi connectivity index (χ4n) is 7.30. The van der Waals surface area contributed by atoms with Gasteiger partial charge in [-0.2, -0.15) is 8.61 Å². The predicted molar refractivity (Wildman–Crippen MR) is 182 cm³/mol. The summed E-state index contributed by atoms with van der Waals surface area (Å²) in [6.07, 6.45) is -0.304. The number of hydrogen-bond donors (Lipinski definition) is 0. The van der Waals surface area contributed by atoms with Crippen LogP contribution in [-0.2, 0) is 51.2 Å². The number of esters is 2. The van der Waals surface area contributed by atoms with Gasteiger partial charge in [0.05, 0.1) is 29.0 Å². The summed E-state index contributed by atoms with van der Waals surface area (Å²) in [6.45, 7) is 6.01. The fraction of sp³-hybridized carbons (Fsp3) is 0.297. The van der Waals surface area contributed by atoms with Gasteiger partial charge < -0.3 is 9.47 Å². The van der Waals surface area contributed by atoms with Gasteiger partial charge in [0.25, 0.3) is 5.54 Å². The van der Waals surface area contributed by atoms with E-state index in [0.29, 0.717) is 16.7 Å². The lowest BCUT2D eigenvalue weighted by atomic mass is 9.72. The van der Waals surface area contributed by atoms with Gasteiger partial charge in [-0.05, 0) is 75.1 Å². The second-order valence-corrected chi connectivity index (χ2v) is 15.9. The van der Waals surface area contributed by atoms with Crippen molar-refractivity contribution in [2.75, 3.05) is 13.2 Å². The first-order chi connectivity index (χ1) is 23.4. The first-order valence-corrected chi connectivity index (χ1v) is 18.9. The van der Waals surface area contributed by atoms with Crippen LogP contribution in [0, 0.1) is 13.8 Å². The van der Waals surface area contributed by atoms with Crippen LogP contribution in [0.1, 0.15) is 54.1 Å². The summed E-state index contributed by atoms with van der Waals surface area (Å²) in [7, 11) is -9.31. The van der Waals surface area contributed by atoms with Crippen LogP contribution in [0.5, 0.6) is 0 Å². The molecule has 0 unspecified atom stereocenters. The van der Waals surface area contributed by atoms with E-state index in [9.17, 15) is 18.0 Å². The summed E-state index contributed by atoms with van der Waals surface area (Å²) in [5, 5.41) is 0. The Hall–Kier alpha value is -4.36. The van der Waals surface area contributed by atoms with E-state index in [1.807, 2.05) is 6.92 Å². The molecule has 10 nitrogen and oxygen atoms in total. The lowest BCUT2D eigenvalue weighted by molar-refractivity contribution is -0.177. The van der Waals surface area contributed by atoms with Crippen LogP contribution in [0.4, 0.5) is 0 Å². The molecule has 2 aliphatic heterocycles. The third kappa shape index (κ3) is 5.20. The number of fused-ring (bicyclic) bond motifs is 2. The molecule has 0 saturated carbocycles. The molecule has 0 aliphatic carbocycles. The lowest BCUT2D eigenvalue weighted by Gasteiger charge is -2.46. The molecule has 2 atom stereocenters. The highest BCUT2D eigenvalue weighted by Gasteiger charge is 2.81. The Kier molecular flexibility index (Phi) is 9.03. The van der Waals surface area contributed by atoms with Crippen LogP contribution < -0.4 is 0 Å². The third-order valence-electron chi connectivity index (χ3n) is 9.42. The minimum absolute atomic E-state index is 0.0806. The zero-order chi connectivity index (χ0) is 35.2. The van der Waals surface area contributed by atoms with Crippen molar-refractivity contribution in [2.24, 2.45) is 0 Å². The summed E-state index contributed by atoms with van der Waals surface area (Å²) < 4.78 is 73.8. The molecule has 1 saturated heterocycles. The van der Waals surface area contributed by atoms with E-state index < -0.39 is 49.1 Å². The highest BCUT2D eigenvalue weighted by molar-refractivity contribution is 7.89. The number of nitrogens with zero attached hydrogens (tertiary/aromatic N) is 2. The van der Waals surface area contributed by atoms with Crippen molar-refractivity contribution in [1.82, 2.24) is 8.61 Å². The molecular weight excluding hydrogens is 665 g/mol. The summed E-state index contributed by atoms with van der Waals surface area (Å²) >= 11 is 0. The molecule has 49 heavy (non-hydrogen) atoms. The number of carbonyl (C=O) groups is 2. The zero-order valence-corrected chi connectivity index (χ0v) is 29.3. The first kappa shape index (κ1) is 34.5. The van der Waals surface area contributed by atoms with Crippen molar-refractivity contribution in [1.29, 1.82) is 0 Å². The number of hydrogen-bond acceptors (Lipinski definition) is 8. The molecule has 2 aliphatic rings. The molecule has 1 fully saturated rings. The highest BCUT2D eigenvalue weighted by atomic mass is 32.2. The fourth-order valence-corrected chi connectivity index (χ4v) is 11.0. The van der Waals surface area contributed by atoms with Crippen molar-refractivity contribution in [3.05, 3.63) is 131 Å². The Bertz CT molecular complexity index is 2080. The van der Waals surface area contributed by atoms with Gasteiger partial charge in [-0.3, -0.25) is 0 Å². The number of benzene rings is 4. The second kappa shape index (κ2) is 12.8. The second-order valence-electron chi connectivity index (χ2n) is 12.2. The van der Waals surface area contributed by atoms with E-state index in [1.165, 1.54) is 38.1 Å². The minimum Gasteiger partial charge on any atom is -0.464 e. The number of rotatable bonds is 9. The average Bonchev–Trinajstić information content (AvgIpc) is 3.61. The van der Waals surface area contributed by atoms with Gasteiger partial charge in [-0.1, -0.05) is 90.0 Å². The van der Waals surface area contributed by atoms with Crippen LogP contribution >= 0.6 is 0 Å². The van der Waals surface area contributed by atoms with Crippen LogP contribution in [0.3, 0.4) is 0 Å². The molecule has 4 aromatic carbocycles. The van der Waals surface area contributed by atoms with Gasteiger partial charge in [-0.15, -0.1) is 0 Å². The molecule has 0 amide bonds. The molecule has 6 rings (SSSR count). The van der Waals surface area contributed by atoms with Crippen molar-refractivity contribution in [3.63, 3.8) is 0 Å². The van der Waals surface area contributed by atoms with E-state index in [0.717, 1.165) is 19.7 Å². The summed E-state index contributed by atoms with van der Waals surface area (Å²) in [4.78, 5) is 29.7. The summed E-state index contributed by atoms with van der Waals surface area (Å²) in [5.41, 5.74) is -2.13. The standard InChI is InChI=1S/C37H38N2O8S2/c1-5-46-34(40)37(35(41)47-6-2)36(32-15-11-10-14-29(32)25-38(36)48(42,43)30-20-16-26(3)17-21-30)24-33(28-12-8-7-9-13-28)39(37)49(44,45)31-22-18-27(4)19-23-31/h7-23,33H,5-6,24-25H2,1-4H3/t33-,36+/m1/s1. The van der Waals surface area contributed by atoms with Gasteiger partial charge in [0, 0.05) is 6.54 Å². The highest BCUT2D eigenvalue weighted by Crippen LogP contribution is 2.64. The summed E-state index contributed by atoms with van der Waals surface area (Å²) in [6, 6.07) is 26.4. The zero-order valence-electron chi connectivity index (χ0n) is 27.7. The van der Waals surface area contributed by atoms with Crippen LogP contribution in [0.15, 0.2) is 113 Å². The molecule has 0 N–H and O–H groups in total. The van der Waals surface area contributed by atoms with Crippen molar-refractivity contribution >= 4 is 32.0 Å². The molecule has 0 bridgehead atoms. The Balaban J connectivity index is 1.80. The number of ether oxygens (including phenoxy) is 2. The van der Waals surface area contributed by atoms with E-state index in [1.54, 1.807) is 85.8 Å². The van der Waals surface area contributed by atoms with E-state index in [4.69, 9.17) is 9.47 Å². The first-order valence-electron chi connectivity index (χ1n) is 16.1. The van der Waals surface area contributed by atoms with Crippen LogP contribution in [-0.4, -0.2) is 56.1 Å². The molecule has 0 aromatic heterocycles. The molecule has 4 aromatic rings. The van der Waals surface area contributed by atoms with E-state index >= 15 is 8.42 Å². The molecule has 256 valence electrons. The van der Waals surface area contributed by atoms with Crippen molar-refractivity contribution in [3.8, 4) is 0 Å². The lowest BCUT2D eigenvalue weighted by Crippen LogP contribution is -2.72. The average molecular weight is 703 g/mol. The topological polar surface area (TPSA) is 127 Å². The molecule has 1 spiro atoms. The van der Waals surface area contributed by atoms with Gasteiger partial charge in [-0.25, -0.2) is 26.4 Å². The SMILES string of the molecule is CCOC(=O)C1(C(=O)OCC)N(S(=O)(=O)c2ccc(C)cc2)[C@@H](c2ccccc2)C[C@]12c1ccccc1CN2S(=O)(=O)c1ccc(C)cc1. The largest absolute Gasteiger partial charge is 0.464 e. The number of aryl methyl sites for hydroxylation is 2. The van der Waals surface area contributed by atoms with Crippen molar-refractivity contribution in [2.45, 2.75) is 67.6 Å². The Morgan fingerprint density at radius 1 is 0.694 bits per heavy atom. The molecule has 12 heteroatoms. The maximum atomic E-state index is 15.2. The number of carbonyl (C=O) groups excluding carboxylic acids is 2. The van der Waals surface area contributed by atoms with Crippen molar-refractivity contribution < 1.29 is 35.9 Å². The maximum Gasteiger partial charge on any atom is 0.341 e. The van der Waals surface area contributed by atoms with Gasteiger partial charge >= 0.3 is 11.9 Å². The maximum absolute atomic E-state index is 15.2. The van der Waals surface area contributed by atoms with Crippen LogP contribution in [0.2, 0.25) is 0 Å². The molecular formula is C37H38N2O8S2. The van der Waals surface area contributed by atoms with E-state index in [-0.39, 0.29) is 36.0 Å². The summed E-state index contributed by atoms with van der Waals surface area (Å²) in [5.74, 6) is -2.47. The molecule has 0 radical (unpaired) electrons. The number of sulfonamides is 2. The van der Waals surface area contributed by atoms with Gasteiger partial charge in [0.15, 0.2) is 0 Å². The van der Waals surface area contributed by atoms with Crippen LogP contribution in [0.25, 0.3) is 0 Å².